The van der Waals surface area contributed by atoms with Gasteiger partial charge in [0.05, 0.1) is 12.1 Å². The predicted octanol–water partition coefficient (Wildman–Crippen LogP) is 3.84. The summed E-state index contributed by atoms with van der Waals surface area (Å²) in [5.41, 5.74) is 1.24. The normalized spacial score (nSPS) is 17.8. The predicted molar refractivity (Wildman–Crippen MR) is 95.4 cm³/mol. The van der Waals surface area contributed by atoms with Gasteiger partial charge in [-0.2, -0.15) is 4.80 Å². The van der Waals surface area contributed by atoms with Crippen LogP contribution in [0.5, 0.6) is 0 Å². The van der Waals surface area contributed by atoms with Gasteiger partial charge in [0, 0.05) is 6.04 Å². The van der Waals surface area contributed by atoms with Crippen molar-refractivity contribution in [1.29, 1.82) is 0 Å². The Kier molecular flexibility index (Phi) is 5.29. The zero-order chi connectivity index (χ0) is 17.0. The topological polar surface area (TPSA) is 55.6 Å². The SMILES string of the molecule is CC(C)(C)n1nnc(CNC(c2ccccc2)C2CCCCC2)n1. The molecule has 1 aliphatic carbocycles. The van der Waals surface area contributed by atoms with Crippen LogP contribution in [0.2, 0.25) is 0 Å². The lowest BCUT2D eigenvalue weighted by Gasteiger charge is -2.31. The van der Waals surface area contributed by atoms with Crippen molar-refractivity contribution in [2.24, 2.45) is 5.92 Å². The van der Waals surface area contributed by atoms with Crippen LogP contribution >= 0.6 is 0 Å². The molecule has 1 saturated carbocycles. The second-order valence-electron chi connectivity index (χ2n) is 7.83. The van der Waals surface area contributed by atoms with Gasteiger partial charge in [-0.05, 0) is 50.3 Å². The maximum atomic E-state index is 4.52. The molecule has 3 rings (SSSR count). The number of tetrazole rings is 1. The van der Waals surface area contributed by atoms with Gasteiger partial charge in [0.15, 0.2) is 5.82 Å². The van der Waals surface area contributed by atoms with Gasteiger partial charge >= 0.3 is 0 Å². The molecule has 130 valence electrons. The van der Waals surface area contributed by atoms with Gasteiger partial charge < -0.3 is 5.32 Å². The smallest absolute Gasteiger partial charge is 0.188 e. The van der Waals surface area contributed by atoms with Crippen molar-refractivity contribution < 1.29 is 0 Å². The van der Waals surface area contributed by atoms with Crippen LogP contribution in [0.1, 0.15) is 70.3 Å². The van der Waals surface area contributed by atoms with Crippen molar-refractivity contribution in [3.63, 3.8) is 0 Å². The Balaban J connectivity index is 1.71. The first-order valence-electron chi connectivity index (χ1n) is 9.12. The number of benzene rings is 1. The quantitative estimate of drug-likeness (QED) is 0.906. The largest absolute Gasteiger partial charge is 0.303 e. The Morgan fingerprint density at radius 1 is 1.12 bits per heavy atom. The summed E-state index contributed by atoms with van der Waals surface area (Å²) in [7, 11) is 0. The van der Waals surface area contributed by atoms with E-state index in [0.717, 1.165) is 5.82 Å². The molecule has 24 heavy (non-hydrogen) atoms. The zero-order valence-electron chi connectivity index (χ0n) is 15.1. The van der Waals surface area contributed by atoms with E-state index in [-0.39, 0.29) is 5.54 Å². The van der Waals surface area contributed by atoms with Crippen molar-refractivity contribution in [1.82, 2.24) is 25.5 Å². The lowest BCUT2D eigenvalue weighted by atomic mass is 9.81. The molecule has 1 aromatic carbocycles. The minimum atomic E-state index is -0.131. The molecule has 0 spiro atoms. The molecule has 0 saturated heterocycles. The van der Waals surface area contributed by atoms with Crippen molar-refractivity contribution in [2.75, 3.05) is 0 Å². The number of hydrogen-bond donors (Lipinski definition) is 1. The molecule has 5 heteroatoms. The molecular weight excluding hydrogens is 298 g/mol. The van der Waals surface area contributed by atoms with E-state index in [9.17, 15) is 0 Å². The van der Waals surface area contributed by atoms with Gasteiger partial charge in [-0.3, -0.25) is 0 Å². The molecule has 1 aliphatic rings. The van der Waals surface area contributed by atoms with E-state index in [0.29, 0.717) is 18.5 Å². The van der Waals surface area contributed by atoms with E-state index in [1.165, 1.54) is 37.7 Å². The zero-order valence-corrected chi connectivity index (χ0v) is 15.1. The summed E-state index contributed by atoms with van der Waals surface area (Å²) in [4.78, 5) is 1.70. The number of nitrogens with one attached hydrogen (secondary N) is 1. The summed E-state index contributed by atoms with van der Waals surface area (Å²) in [5.74, 6) is 1.46. The molecule has 1 heterocycles. The van der Waals surface area contributed by atoms with Crippen molar-refractivity contribution in [3.8, 4) is 0 Å². The van der Waals surface area contributed by atoms with Crippen molar-refractivity contribution in [2.45, 2.75) is 71.0 Å². The highest BCUT2D eigenvalue weighted by molar-refractivity contribution is 5.20. The van der Waals surface area contributed by atoms with Crippen LogP contribution in [-0.2, 0) is 12.1 Å². The lowest BCUT2D eigenvalue weighted by Crippen LogP contribution is -2.30. The first kappa shape index (κ1) is 17.1. The van der Waals surface area contributed by atoms with E-state index in [1.807, 2.05) is 0 Å². The summed E-state index contributed by atoms with van der Waals surface area (Å²) in [6.45, 7) is 6.91. The number of nitrogens with zero attached hydrogens (tertiary/aromatic N) is 4. The van der Waals surface area contributed by atoms with Crippen LogP contribution in [0.4, 0.5) is 0 Å². The van der Waals surface area contributed by atoms with E-state index in [4.69, 9.17) is 0 Å². The minimum Gasteiger partial charge on any atom is -0.303 e. The average Bonchev–Trinajstić information content (AvgIpc) is 3.06. The third kappa shape index (κ3) is 4.20. The molecule has 1 N–H and O–H groups in total. The summed E-state index contributed by atoms with van der Waals surface area (Å²) in [5, 5.41) is 16.6. The molecule has 1 unspecified atom stereocenters. The molecule has 5 nitrogen and oxygen atoms in total. The molecule has 0 aliphatic heterocycles. The summed E-state index contributed by atoms with van der Waals surface area (Å²) in [6.07, 6.45) is 6.66. The summed E-state index contributed by atoms with van der Waals surface area (Å²) >= 11 is 0. The second-order valence-corrected chi connectivity index (χ2v) is 7.83. The van der Waals surface area contributed by atoms with Gasteiger partial charge in [0.25, 0.3) is 0 Å². The van der Waals surface area contributed by atoms with Crippen LogP contribution < -0.4 is 5.32 Å². The van der Waals surface area contributed by atoms with Gasteiger partial charge in [-0.15, -0.1) is 10.2 Å². The Labute approximate surface area is 144 Å². The number of aromatic nitrogens is 4. The fourth-order valence-electron chi connectivity index (χ4n) is 3.48. The Hall–Kier alpha value is -1.75. The fourth-order valence-corrected chi connectivity index (χ4v) is 3.48. The minimum absolute atomic E-state index is 0.131. The Morgan fingerprint density at radius 3 is 2.46 bits per heavy atom. The molecule has 1 fully saturated rings. The molecular formula is C19H29N5. The van der Waals surface area contributed by atoms with E-state index in [2.05, 4.69) is 71.8 Å². The first-order valence-corrected chi connectivity index (χ1v) is 9.12. The van der Waals surface area contributed by atoms with Gasteiger partial charge in [-0.1, -0.05) is 49.6 Å². The van der Waals surface area contributed by atoms with Crippen molar-refractivity contribution in [3.05, 3.63) is 41.7 Å². The Morgan fingerprint density at radius 2 is 1.83 bits per heavy atom. The molecule has 2 aromatic rings. The average molecular weight is 327 g/mol. The van der Waals surface area contributed by atoms with Crippen molar-refractivity contribution >= 4 is 0 Å². The third-order valence-corrected chi connectivity index (χ3v) is 4.82. The van der Waals surface area contributed by atoms with Gasteiger partial charge in [0.1, 0.15) is 0 Å². The maximum absolute atomic E-state index is 4.52. The monoisotopic (exact) mass is 327 g/mol. The second kappa shape index (κ2) is 7.43. The number of hydrogen-bond acceptors (Lipinski definition) is 4. The molecule has 1 aromatic heterocycles. The molecule has 1 atom stereocenters. The van der Waals surface area contributed by atoms with Gasteiger partial charge in [-0.25, -0.2) is 0 Å². The Bertz CT molecular complexity index is 623. The van der Waals surface area contributed by atoms with Gasteiger partial charge in [0.2, 0.25) is 0 Å². The lowest BCUT2D eigenvalue weighted by molar-refractivity contribution is 0.268. The summed E-state index contributed by atoms with van der Waals surface area (Å²) < 4.78 is 0. The van der Waals surface area contributed by atoms with Crippen LogP contribution in [0.25, 0.3) is 0 Å². The van der Waals surface area contributed by atoms with E-state index < -0.39 is 0 Å². The van der Waals surface area contributed by atoms with E-state index >= 15 is 0 Å². The standard InChI is InChI=1S/C19H29N5/c1-19(2,3)24-22-17(21-23-24)14-20-18(15-10-6-4-7-11-15)16-12-8-5-9-13-16/h4,6-7,10-11,16,18,20H,5,8-9,12-14H2,1-3H3. The molecule has 0 bridgehead atoms. The first-order chi connectivity index (χ1) is 11.5. The van der Waals surface area contributed by atoms with Crippen LogP contribution in [0, 0.1) is 5.92 Å². The highest BCUT2D eigenvalue weighted by Crippen LogP contribution is 2.34. The molecule has 0 amide bonds. The molecule has 0 radical (unpaired) electrons. The highest BCUT2D eigenvalue weighted by Gasteiger charge is 2.25. The van der Waals surface area contributed by atoms with E-state index in [1.54, 1.807) is 4.80 Å². The summed E-state index contributed by atoms with van der Waals surface area (Å²) in [6, 6.07) is 11.2. The van der Waals surface area contributed by atoms with Crippen LogP contribution in [-0.4, -0.2) is 20.2 Å². The fraction of sp³-hybridized carbons (Fsp3) is 0.632. The van der Waals surface area contributed by atoms with Crippen LogP contribution in [0.3, 0.4) is 0 Å². The highest BCUT2D eigenvalue weighted by atomic mass is 15.6. The number of rotatable bonds is 5. The van der Waals surface area contributed by atoms with Crippen LogP contribution in [0.15, 0.2) is 30.3 Å². The third-order valence-electron chi connectivity index (χ3n) is 4.82. The maximum Gasteiger partial charge on any atom is 0.188 e.